The van der Waals surface area contributed by atoms with Crippen molar-refractivity contribution in [2.45, 2.75) is 13.3 Å². The molecule has 0 saturated carbocycles. The Balaban J connectivity index is 1.98. The van der Waals surface area contributed by atoms with E-state index in [9.17, 15) is 9.59 Å². The maximum absolute atomic E-state index is 12.0. The fourth-order valence-electron chi connectivity index (χ4n) is 1.96. The van der Waals surface area contributed by atoms with Crippen LogP contribution >= 0.6 is 11.6 Å². The molecule has 2 N–H and O–H groups in total. The van der Waals surface area contributed by atoms with Gasteiger partial charge in [0.15, 0.2) is 0 Å². The van der Waals surface area contributed by atoms with Crippen LogP contribution in [0.4, 0.5) is 0 Å². The van der Waals surface area contributed by atoms with Crippen molar-refractivity contribution < 1.29 is 4.79 Å². The average Bonchev–Trinajstić information content (AvgIpc) is 2.38. The molecule has 0 aliphatic carbocycles. The summed E-state index contributed by atoms with van der Waals surface area (Å²) in [6.45, 7) is 2.19. The van der Waals surface area contributed by atoms with Gasteiger partial charge in [0.1, 0.15) is 5.56 Å². The lowest BCUT2D eigenvalue weighted by atomic mass is 10.1. The van der Waals surface area contributed by atoms with Gasteiger partial charge in [0, 0.05) is 17.8 Å². The standard InChI is InChI=1S/C15H15ClN2O2/c1-10-5-7-17-14(19)13(10)15(20)18-8-6-11-3-2-4-12(16)9-11/h2-5,7,9H,6,8H2,1H3,(H,17,19)(H,18,20). The van der Waals surface area contributed by atoms with Crippen LogP contribution in [0.3, 0.4) is 0 Å². The second-order valence-electron chi connectivity index (χ2n) is 4.50. The van der Waals surface area contributed by atoms with E-state index in [4.69, 9.17) is 11.6 Å². The Kier molecular flexibility index (Phi) is 4.58. The van der Waals surface area contributed by atoms with E-state index in [2.05, 4.69) is 10.3 Å². The third kappa shape index (κ3) is 3.48. The van der Waals surface area contributed by atoms with Gasteiger partial charge < -0.3 is 10.3 Å². The largest absolute Gasteiger partial charge is 0.352 e. The number of nitrogens with one attached hydrogen (secondary N) is 2. The summed E-state index contributed by atoms with van der Waals surface area (Å²) in [5.74, 6) is -0.355. The van der Waals surface area contributed by atoms with Crippen molar-refractivity contribution in [3.05, 3.63) is 68.6 Å². The number of hydrogen-bond donors (Lipinski definition) is 2. The Hall–Kier alpha value is -2.07. The molecule has 0 saturated heterocycles. The molecular formula is C15H15ClN2O2. The summed E-state index contributed by atoms with van der Waals surface area (Å²) in [5, 5.41) is 3.42. The maximum atomic E-state index is 12.0. The first-order valence-corrected chi connectivity index (χ1v) is 6.66. The van der Waals surface area contributed by atoms with E-state index in [0.717, 1.165) is 5.56 Å². The van der Waals surface area contributed by atoms with Crippen molar-refractivity contribution in [3.8, 4) is 0 Å². The molecule has 2 rings (SSSR count). The van der Waals surface area contributed by atoms with Gasteiger partial charge in [0.25, 0.3) is 11.5 Å². The zero-order chi connectivity index (χ0) is 14.5. The highest BCUT2D eigenvalue weighted by atomic mass is 35.5. The number of H-pyrrole nitrogens is 1. The fraction of sp³-hybridized carbons (Fsp3) is 0.200. The number of benzene rings is 1. The number of amides is 1. The monoisotopic (exact) mass is 290 g/mol. The molecule has 0 bridgehead atoms. The summed E-state index contributed by atoms with van der Waals surface area (Å²) in [4.78, 5) is 26.1. The van der Waals surface area contributed by atoms with E-state index in [1.807, 2.05) is 18.2 Å². The molecule has 1 aromatic heterocycles. The normalized spacial score (nSPS) is 10.3. The number of aromatic nitrogens is 1. The van der Waals surface area contributed by atoms with E-state index < -0.39 is 0 Å². The van der Waals surface area contributed by atoms with Gasteiger partial charge in [-0.25, -0.2) is 0 Å². The smallest absolute Gasteiger partial charge is 0.261 e. The van der Waals surface area contributed by atoms with Crippen LogP contribution in [0, 0.1) is 6.92 Å². The predicted octanol–water partition coefficient (Wildman–Crippen LogP) is 2.31. The van der Waals surface area contributed by atoms with Crippen molar-refractivity contribution in [3.63, 3.8) is 0 Å². The molecule has 0 aliphatic rings. The van der Waals surface area contributed by atoms with E-state index in [-0.39, 0.29) is 17.0 Å². The van der Waals surface area contributed by atoms with E-state index in [1.165, 1.54) is 6.20 Å². The number of aromatic amines is 1. The van der Waals surface area contributed by atoms with E-state index in [1.54, 1.807) is 19.1 Å². The number of carbonyl (C=O) groups excluding carboxylic acids is 1. The highest BCUT2D eigenvalue weighted by molar-refractivity contribution is 6.30. The highest BCUT2D eigenvalue weighted by Gasteiger charge is 2.12. The maximum Gasteiger partial charge on any atom is 0.261 e. The highest BCUT2D eigenvalue weighted by Crippen LogP contribution is 2.10. The molecule has 0 fully saturated rings. The SMILES string of the molecule is Cc1cc[nH]c(=O)c1C(=O)NCCc1cccc(Cl)c1. The van der Waals surface area contributed by atoms with Crippen LogP contribution < -0.4 is 10.9 Å². The van der Waals surface area contributed by atoms with Crippen LogP contribution in [0.5, 0.6) is 0 Å². The minimum absolute atomic E-state index is 0.165. The van der Waals surface area contributed by atoms with Gasteiger partial charge in [-0.05, 0) is 42.7 Å². The molecule has 0 aliphatic heterocycles. The number of aryl methyl sites for hydroxylation is 1. The lowest BCUT2D eigenvalue weighted by molar-refractivity contribution is 0.0952. The summed E-state index contributed by atoms with van der Waals surface area (Å²) >= 11 is 5.89. The minimum atomic E-state index is -0.370. The van der Waals surface area contributed by atoms with Gasteiger partial charge in [-0.1, -0.05) is 23.7 Å². The quantitative estimate of drug-likeness (QED) is 0.908. The molecule has 1 aromatic carbocycles. The second-order valence-corrected chi connectivity index (χ2v) is 4.94. The zero-order valence-electron chi connectivity index (χ0n) is 11.1. The van der Waals surface area contributed by atoms with Gasteiger partial charge in [-0.3, -0.25) is 9.59 Å². The predicted molar refractivity (Wildman–Crippen MR) is 79.3 cm³/mol. The van der Waals surface area contributed by atoms with Crippen LogP contribution in [-0.2, 0) is 6.42 Å². The summed E-state index contributed by atoms with van der Waals surface area (Å²) in [5.41, 5.74) is 1.49. The molecule has 104 valence electrons. The van der Waals surface area contributed by atoms with Crippen molar-refractivity contribution >= 4 is 17.5 Å². The third-order valence-electron chi connectivity index (χ3n) is 2.98. The first kappa shape index (κ1) is 14.3. The molecule has 0 radical (unpaired) electrons. The number of rotatable bonds is 4. The van der Waals surface area contributed by atoms with Crippen LogP contribution in [0.15, 0.2) is 41.3 Å². The first-order chi connectivity index (χ1) is 9.58. The molecule has 1 amide bonds. The Morgan fingerprint density at radius 1 is 1.35 bits per heavy atom. The van der Waals surface area contributed by atoms with Crippen LogP contribution in [0.25, 0.3) is 0 Å². The van der Waals surface area contributed by atoms with Crippen molar-refractivity contribution in [2.24, 2.45) is 0 Å². The Morgan fingerprint density at radius 3 is 2.85 bits per heavy atom. The van der Waals surface area contributed by atoms with Gasteiger partial charge >= 0.3 is 0 Å². The van der Waals surface area contributed by atoms with Crippen LogP contribution in [0.1, 0.15) is 21.5 Å². The molecular weight excluding hydrogens is 276 g/mol. The second kappa shape index (κ2) is 6.39. The minimum Gasteiger partial charge on any atom is -0.352 e. The van der Waals surface area contributed by atoms with Gasteiger partial charge in [-0.2, -0.15) is 0 Å². The molecule has 0 spiro atoms. The Labute approximate surface area is 121 Å². The summed E-state index contributed by atoms with van der Waals surface area (Å²) in [7, 11) is 0. The zero-order valence-corrected chi connectivity index (χ0v) is 11.8. The van der Waals surface area contributed by atoms with Crippen LogP contribution in [-0.4, -0.2) is 17.4 Å². The topological polar surface area (TPSA) is 62.0 Å². The van der Waals surface area contributed by atoms with Gasteiger partial charge in [-0.15, -0.1) is 0 Å². The van der Waals surface area contributed by atoms with Gasteiger partial charge in [0.2, 0.25) is 0 Å². The molecule has 5 heteroatoms. The number of halogens is 1. The van der Waals surface area contributed by atoms with Crippen LogP contribution in [0.2, 0.25) is 5.02 Å². The molecule has 2 aromatic rings. The van der Waals surface area contributed by atoms with Crippen molar-refractivity contribution in [2.75, 3.05) is 6.54 Å². The first-order valence-electron chi connectivity index (χ1n) is 6.29. The molecule has 4 nitrogen and oxygen atoms in total. The number of hydrogen-bond acceptors (Lipinski definition) is 2. The lowest BCUT2D eigenvalue weighted by Crippen LogP contribution is -2.31. The average molecular weight is 291 g/mol. The molecule has 20 heavy (non-hydrogen) atoms. The molecule has 1 heterocycles. The Bertz CT molecular complexity index is 680. The van der Waals surface area contributed by atoms with Crippen molar-refractivity contribution in [1.29, 1.82) is 0 Å². The fourth-order valence-corrected chi connectivity index (χ4v) is 2.17. The lowest BCUT2D eigenvalue weighted by Gasteiger charge is -2.07. The number of pyridine rings is 1. The third-order valence-corrected chi connectivity index (χ3v) is 3.22. The summed E-state index contributed by atoms with van der Waals surface area (Å²) in [6.07, 6.45) is 2.19. The number of carbonyl (C=O) groups is 1. The Morgan fingerprint density at radius 2 is 2.15 bits per heavy atom. The van der Waals surface area contributed by atoms with E-state index in [0.29, 0.717) is 23.6 Å². The van der Waals surface area contributed by atoms with Crippen molar-refractivity contribution in [1.82, 2.24) is 10.3 Å². The summed E-state index contributed by atoms with van der Waals surface area (Å²) in [6, 6.07) is 9.17. The van der Waals surface area contributed by atoms with E-state index >= 15 is 0 Å². The molecule has 0 unspecified atom stereocenters. The van der Waals surface area contributed by atoms with Gasteiger partial charge in [0.05, 0.1) is 0 Å². The molecule has 0 atom stereocenters. The summed E-state index contributed by atoms with van der Waals surface area (Å²) < 4.78 is 0.